The lowest BCUT2D eigenvalue weighted by molar-refractivity contribution is -0.133. The molecule has 8 heteroatoms. The molecule has 146 valence electrons. The van der Waals surface area contributed by atoms with Crippen molar-refractivity contribution in [2.75, 3.05) is 13.2 Å². The molecule has 1 saturated heterocycles. The van der Waals surface area contributed by atoms with E-state index >= 15 is 0 Å². The minimum Gasteiger partial charge on any atom is -0.504 e. The SMILES string of the molecule is CCOc1cc(/C=N\NC(=O)C2C(=O)NCC2c2ccccc2)cc(I)c1O. The van der Waals surface area contributed by atoms with Crippen LogP contribution in [0, 0.1) is 9.49 Å². The van der Waals surface area contributed by atoms with Crippen LogP contribution in [0.3, 0.4) is 0 Å². The van der Waals surface area contributed by atoms with E-state index in [0.717, 1.165) is 5.56 Å². The highest BCUT2D eigenvalue weighted by atomic mass is 127. The second-order valence-corrected chi connectivity index (χ2v) is 7.42. The second-order valence-electron chi connectivity index (χ2n) is 6.26. The van der Waals surface area contributed by atoms with Gasteiger partial charge in [0.1, 0.15) is 5.92 Å². The van der Waals surface area contributed by atoms with Gasteiger partial charge in [0, 0.05) is 12.5 Å². The number of phenolic OH excluding ortho intramolecular Hbond substituents is 1. The van der Waals surface area contributed by atoms with Gasteiger partial charge in [0.05, 0.1) is 16.4 Å². The third-order valence-electron chi connectivity index (χ3n) is 4.43. The van der Waals surface area contributed by atoms with E-state index in [1.54, 1.807) is 12.1 Å². The lowest BCUT2D eigenvalue weighted by atomic mass is 9.88. The molecule has 7 nitrogen and oxygen atoms in total. The van der Waals surface area contributed by atoms with Gasteiger partial charge in [0.25, 0.3) is 5.91 Å². The van der Waals surface area contributed by atoms with Crippen LogP contribution in [0.15, 0.2) is 47.6 Å². The predicted octanol–water partition coefficient (Wildman–Crippen LogP) is 2.38. The number of amides is 2. The number of halogens is 1. The highest BCUT2D eigenvalue weighted by molar-refractivity contribution is 14.1. The van der Waals surface area contributed by atoms with Crippen LogP contribution < -0.4 is 15.5 Å². The average Bonchev–Trinajstić information content (AvgIpc) is 3.08. The number of rotatable bonds is 6. The fourth-order valence-corrected chi connectivity index (χ4v) is 3.73. The Kier molecular flexibility index (Phi) is 6.50. The largest absolute Gasteiger partial charge is 0.504 e. The van der Waals surface area contributed by atoms with Crippen LogP contribution in [0.1, 0.15) is 24.0 Å². The maximum atomic E-state index is 12.6. The molecule has 2 atom stereocenters. The van der Waals surface area contributed by atoms with Gasteiger partial charge in [-0.3, -0.25) is 9.59 Å². The Balaban J connectivity index is 1.72. The monoisotopic (exact) mass is 493 g/mol. The molecule has 1 fully saturated rings. The van der Waals surface area contributed by atoms with Crippen LogP contribution in [-0.4, -0.2) is 36.3 Å². The molecule has 0 radical (unpaired) electrons. The van der Waals surface area contributed by atoms with Gasteiger partial charge < -0.3 is 15.2 Å². The molecule has 2 aromatic rings. The lowest BCUT2D eigenvalue weighted by Gasteiger charge is -2.15. The molecule has 3 rings (SSSR count). The first-order chi connectivity index (χ1) is 13.5. The third kappa shape index (κ3) is 4.44. The summed E-state index contributed by atoms with van der Waals surface area (Å²) in [6, 6.07) is 12.8. The number of ether oxygens (including phenoxy) is 1. The summed E-state index contributed by atoms with van der Waals surface area (Å²) < 4.78 is 5.99. The first-order valence-corrected chi connectivity index (χ1v) is 9.90. The van der Waals surface area contributed by atoms with Gasteiger partial charge in [-0.25, -0.2) is 5.43 Å². The number of carbonyl (C=O) groups excluding carboxylic acids is 2. The van der Waals surface area contributed by atoms with Crippen molar-refractivity contribution in [3.05, 3.63) is 57.2 Å². The van der Waals surface area contributed by atoms with Crippen molar-refractivity contribution < 1.29 is 19.4 Å². The molecule has 1 heterocycles. The zero-order chi connectivity index (χ0) is 20.1. The molecule has 2 amide bonds. The van der Waals surface area contributed by atoms with E-state index in [2.05, 4.69) is 15.8 Å². The van der Waals surface area contributed by atoms with Gasteiger partial charge in [0.15, 0.2) is 11.5 Å². The number of nitrogens with one attached hydrogen (secondary N) is 2. The van der Waals surface area contributed by atoms with Crippen LogP contribution in [0.4, 0.5) is 0 Å². The molecule has 0 bridgehead atoms. The zero-order valence-electron chi connectivity index (χ0n) is 15.2. The van der Waals surface area contributed by atoms with Crippen molar-refractivity contribution >= 4 is 40.6 Å². The summed E-state index contributed by atoms with van der Waals surface area (Å²) in [6.45, 7) is 2.65. The molecule has 0 saturated carbocycles. The van der Waals surface area contributed by atoms with Crippen molar-refractivity contribution in [2.45, 2.75) is 12.8 Å². The number of benzene rings is 2. The van der Waals surface area contributed by atoms with Crippen LogP contribution in [0.25, 0.3) is 0 Å². The Hall–Kier alpha value is -2.62. The van der Waals surface area contributed by atoms with Crippen molar-refractivity contribution in [1.82, 2.24) is 10.7 Å². The second kappa shape index (κ2) is 9.05. The van der Waals surface area contributed by atoms with Crippen molar-refractivity contribution in [3.8, 4) is 11.5 Å². The molecular formula is C20H20IN3O4. The summed E-state index contributed by atoms with van der Waals surface area (Å²) in [7, 11) is 0. The summed E-state index contributed by atoms with van der Waals surface area (Å²) in [5.41, 5.74) is 4.04. The van der Waals surface area contributed by atoms with E-state index in [4.69, 9.17) is 4.74 Å². The molecular weight excluding hydrogens is 473 g/mol. The Morgan fingerprint density at radius 2 is 2.14 bits per heavy atom. The van der Waals surface area contributed by atoms with Crippen molar-refractivity contribution in [2.24, 2.45) is 11.0 Å². The first-order valence-electron chi connectivity index (χ1n) is 8.82. The Morgan fingerprint density at radius 1 is 1.39 bits per heavy atom. The van der Waals surface area contributed by atoms with Crippen LogP contribution in [-0.2, 0) is 9.59 Å². The van der Waals surface area contributed by atoms with E-state index in [1.807, 2.05) is 59.8 Å². The number of hydrazone groups is 1. The van der Waals surface area contributed by atoms with E-state index in [1.165, 1.54) is 6.21 Å². The van der Waals surface area contributed by atoms with Crippen molar-refractivity contribution in [1.29, 1.82) is 0 Å². The van der Waals surface area contributed by atoms with Gasteiger partial charge in [-0.05, 0) is 52.8 Å². The third-order valence-corrected chi connectivity index (χ3v) is 5.25. The topological polar surface area (TPSA) is 100 Å². The number of nitrogens with zero attached hydrogens (tertiary/aromatic N) is 1. The van der Waals surface area contributed by atoms with Crippen LogP contribution in [0.5, 0.6) is 11.5 Å². The van der Waals surface area contributed by atoms with Gasteiger partial charge in [-0.1, -0.05) is 30.3 Å². The number of aromatic hydroxyl groups is 1. The number of hydrogen-bond donors (Lipinski definition) is 3. The maximum Gasteiger partial charge on any atom is 0.253 e. The predicted molar refractivity (Wildman–Crippen MR) is 113 cm³/mol. The molecule has 28 heavy (non-hydrogen) atoms. The summed E-state index contributed by atoms with van der Waals surface area (Å²) in [5, 5.41) is 16.7. The fraction of sp³-hybridized carbons (Fsp3) is 0.250. The normalized spacial score (nSPS) is 18.9. The summed E-state index contributed by atoms with van der Waals surface area (Å²) >= 11 is 1.99. The number of carbonyl (C=O) groups is 2. The van der Waals surface area contributed by atoms with E-state index < -0.39 is 11.8 Å². The summed E-state index contributed by atoms with van der Waals surface area (Å²) in [4.78, 5) is 24.7. The summed E-state index contributed by atoms with van der Waals surface area (Å²) in [5.74, 6) is -1.42. The molecule has 1 aliphatic rings. The zero-order valence-corrected chi connectivity index (χ0v) is 17.3. The molecule has 3 N–H and O–H groups in total. The first kappa shape index (κ1) is 20.1. The van der Waals surface area contributed by atoms with Crippen molar-refractivity contribution in [3.63, 3.8) is 0 Å². The molecule has 2 aromatic carbocycles. The van der Waals surface area contributed by atoms with Crippen LogP contribution >= 0.6 is 22.6 Å². The highest BCUT2D eigenvalue weighted by Gasteiger charge is 2.40. The van der Waals surface area contributed by atoms with Crippen LogP contribution in [0.2, 0.25) is 0 Å². The van der Waals surface area contributed by atoms with Gasteiger partial charge >= 0.3 is 0 Å². The Bertz CT molecular complexity index is 902. The summed E-state index contributed by atoms with van der Waals surface area (Å²) in [6.07, 6.45) is 1.45. The van der Waals surface area contributed by atoms with E-state index in [-0.39, 0.29) is 17.6 Å². The van der Waals surface area contributed by atoms with Gasteiger partial charge in [-0.2, -0.15) is 5.10 Å². The van der Waals surface area contributed by atoms with Gasteiger partial charge in [-0.15, -0.1) is 0 Å². The molecule has 1 aliphatic heterocycles. The molecule has 0 spiro atoms. The quantitative estimate of drug-likeness (QED) is 0.249. The number of hydrogen-bond acceptors (Lipinski definition) is 5. The maximum absolute atomic E-state index is 12.6. The highest BCUT2D eigenvalue weighted by Crippen LogP contribution is 2.32. The smallest absolute Gasteiger partial charge is 0.253 e. The molecule has 2 unspecified atom stereocenters. The van der Waals surface area contributed by atoms with Gasteiger partial charge in [0.2, 0.25) is 5.91 Å². The Labute approximate surface area is 176 Å². The Morgan fingerprint density at radius 3 is 2.86 bits per heavy atom. The fourth-order valence-electron chi connectivity index (χ4n) is 3.11. The van der Waals surface area contributed by atoms with E-state index in [0.29, 0.717) is 28.0 Å². The standard InChI is InChI=1S/C20H20IN3O4/c1-2-28-16-9-12(8-15(21)18(16)25)10-23-24-20(27)17-14(11-22-19(17)26)13-6-4-3-5-7-13/h3-10,14,17,25H,2,11H2,1H3,(H,22,26)(H,24,27)/b23-10-. The minimum absolute atomic E-state index is 0.0666. The molecule has 0 aliphatic carbocycles. The average molecular weight is 493 g/mol. The minimum atomic E-state index is -0.835. The van der Waals surface area contributed by atoms with E-state index in [9.17, 15) is 14.7 Å². The lowest BCUT2D eigenvalue weighted by Crippen LogP contribution is -2.34. The number of phenols is 1. The molecule has 0 aromatic heterocycles.